The molecule has 27 heavy (non-hydrogen) atoms. The Labute approximate surface area is 157 Å². The molecule has 0 fully saturated rings. The summed E-state index contributed by atoms with van der Waals surface area (Å²) in [6, 6.07) is 10.6. The van der Waals surface area contributed by atoms with Gasteiger partial charge in [-0.3, -0.25) is 9.59 Å². The van der Waals surface area contributed by atoms with Crippen LogP contribution < -0.4 is 10.6 Å². The molecule has 0 radical (unpaired) electrons. The summed E-state index contributed by atoms with van der Waals surface area (Å²) >= 11 is 0. The summed E-state index contributed by atoms with van der Waals surface area (Å²) in [7, 11) is 0. The van der Waals surface area contributed by atoms with Crippen LogP contribution in [0.4, 0.5) is 5.69 Å². The van der Waals surface area contributed by atoms with Crippen molar-refractivity contribution < 1.29 is 14.3 Å². The molecule has 0 aliphatic heterocycles. The van der Waals surface area contributed by atoms with E-state index in [0.717, 1.165) is 11.2 Å². The average molecular weight is 366 g/mol. The molecule has 0 saturated heterocycles. The van der Waals surface area contributed by atoms with Crippen molar-refractivity contribution >= 4 is 23.1 Å². The maximum absolute atomic E-state index is 12.3. The van der Waals surface area contributed by atoms with Crippen LogP contribution in [-0.4, -0.2) is 33.9 Å². The number of rotatable bonds is 7. The molecule has 0 spiro atoms. The van der Waals surface area contributed by atoms with Crippen molar-refractivity contribution in [2.75, 3.05) is 11.9 Å². The molecule has 2 aromatic heterocycles. The Bertz CT molecular complexity index is 932. The Kier molecular flexibility index (Phi) is 5.83. The monoisotopic (exact) mass is 366 g/mol. The van der Waals surface area contributed by atoms with E-state index in [2.05, 4.69) is 15.6 Å². The molecule has 0 aliphatic carbocycles. The lowest BCUT2D eigenvalue weighted by Gasteiger charge is -2.09. The normalized spacial score (nSPS) is 10.9. The number of nitrogens with one attached hydrogen (secondary N) is 2. The van der Waals surface area contributed by atoms with Crippen LogP contribution in [0.25, 0.3) is 5.65 Å². The fourth-order valence-corrected chi connectivity index (χ4v) is 2.50. The molecule has 2 amide bonds. The molecule has 0 bridgehead atoms. The van der Waals surface area contributed by atoms with Gasteiger partial charge in [-0.1, -0.05) is 6.07 Å². The summed E-state index contributed by atoms with van der Waals surface area (Å²) in [6.07, 6.45) is 5.52. The fraction of sp³-hybridized carbons (Fsp3) is 0.250. The molecule has 0 aliphatic rings. The quantitative estimate of drug-likeness (QED) is 0.673. The third kappa shape index (κ3) is 5.15. The highest BCUT2D eigenvalue weighted by Crippen LogP contribution is 2.10. The minimum Gasteiger partial charge on any atom is -0.369 e. The second-order valence-electron chi connectivity index (χ2n) is 6.40. The van der Waals surface area contributed by atoms with Crippen LogP contribution in [0.1, 0.15) is 29.8 Å². The zero-order valence-electron chi connectivity index (χ0n) is 15.3. The molecule has 0 atom stereocenters. The van der Waals surface area contributed by atoms with E-state index in [1.165, 1.54) is 0 Å². The van der Waals surface area contributed by atoms with Gasteiger partial charge in [0.15, 0.2) is 0 Å². The van der Waals surface area contributed by atoms with Gasteiger partial charge in [-0.25, -0.2) is 4.98 Å². The summed E-state index contributed by atoms with van der Waals surface area (Å²) in [5.41, 5.74) is 2.98. The zero-order chi connectivity index (χ0) is 19.2. The number of hydrogen-bond acceptors (Lipinski definition) is 4. The van der Waals surface area contributed by atoms with Gasteiger partial charge in [0.05, 0.1) is 6.10 Å². The Hall–Kier alpha value is -3.19. The maximum atomic E-state index is 12.3. The van der Waals surface area contributed by atoms with Crippen molar-refractivity contribution in [2.45, 2.75) is 26.5 Å². The van der Waals surface area contributed by atoms with Crippen molar-refractivity contribution in [1.29, 1.82) is 0 Å². The SMILES string of the molecule is CC(C)OCC(=O)Nc1ccc(C(=O)NCc2ccc3nccn3c2)cc1. The number of imidazole rings is 1. The maximum Gasteiger partial charge on any atom is 0.251 e. The Morgan fingerprint density at radius 3 is 2.67 bits per heavy atom. The van der Waals surface area contributed by atoms with Crippen molar-refractivity contribution in [1.82, 2.24) is 14.7 Å². The van der Waals surface area contributed by atoms with Crippen molar-refractivity contribution in [3.63, 3.8) is 0 Å². The number of carbonyl (C=O) groups is 2. The second kappa shape index (κ2) is 8.46. The van der Waals surface area contributed by atoms with Crippen molar-refractivity contribution in [3.8, 4) is 0 Å². The van der Waals surface area contributed by atoms with E-state index in [1.54, 1.807) is 30.5 Å². The molecule has 0 unspecified atom stereocenters. The lowest BCUT2D eigenvalue weighted by atomic mass is 10.2. The number of hydrogen-bond donors (Lipinski definition) is 2. The van der Waals surface area contributed by atoms with Crippen LogP contribution in [0.15, 0.2) is 55.0 Å². The largest absolute Gasteiger partial charge is 0.369 e. The Balaban J connectivity index is 1.53. The van der Waals surface area contributed by atoms with E-state index in [0.29, 0.717) is 17.8 Å². The minimum atomic E-state index is -0.226. The van der Waals surface area contributed by atoms with Gasteiger partial charge in [0, 0.05) is 36.4 Å². The van der Waals surface area contributed by atoms with E-state index in [9.17, 15) is 9.59 Å². The molecule has 2 heterocycles. The van der Waals surface area contributed by atoms with E-state index in [4.69, 9.17) is 4.74 Å². The number of ether oxygens (including phenoxy) is 1. The van der Waals surface area contributed by atoms with Gasteiger partial charge in [0.25, 0.3) is 5.91 Å². The number of nitrogens with zero attached hydrogens (tertiary/aromatic N) is 2. The average Bonchev–Trinajstić information content (AvgIpc) is 3.13. The molecule has 1 aromatic carbocycles. The predicted octanol–water partition coefficient (Wildman–Crippen LogP) is 2.63. The van der Waals surface area contributed by atoms with Crippen LogP contribution in [0.3, 0.4) is 0 Å². The van der Waals surface area contributed by atoms with Gasteiger partial charge in [0.2, 0.25) is 5.91 Å². The number of pyridine rings is 1. The van der Waals surface area contributed by atoms with Gasteiger partial charge in [-0.05, 0) is 49.7 Å². The number of carbonyl (C=O) groups excluding carboxylic acids is 2. The van der Waals surface area contributed by atoms with Crippen molar-refractivity contribution in [2.24, 2.45) is 0 Å². The minimum absolute atomic E-state index is 0.00115. The van der Waals surface area contributed by atoms with Crippen LogP contribution in [-0.2, 0) is 16.1 Å². The summed E-state index contributed by atoms with van der Waals surface area (Å²) in [6.45, 7) is 4.15. The first-order chi connectivity index (χ1) is 13.0. The summed E-state index contributed by atoms with van der Waals surface area (Å²) in [5, 5.41) is 5.62. The first-order valence-electron chi connectivity index (χ1n) is 8.72. The highest BCUT2D eigenvalue weighted by atomic mass is 16.5. The Morgan fingerprint density at radius 2 is 1.93 bits per heavy atom. The van der Waals surface area contributed by atoms with Crippen LogP contribution in [0.2, 0.25) is 0 Å². The number of benzene rings is 1. The van der Waals surface area contributed by atoms with Gasteiger partial charge in [-0.2, -0.15) is 0 Å². The number of anilines is 1. The topological polar surface area (TPSA) is 84.7 Å². The molecular formula is C20H22N4O3. The molecule has 140 valence electrons. The smallest absolute Gasteiger partial charge is 0.251 e. The molecule has 3 aromatic rings. The summed E-state index contributed by atoms with van der Waals surface area (Å²) in [5.74, 6) is -0.405. The summed E-state index contributed by atoms with van der Waals surface area (Å²) < 4.78 is 7.16. The predicted molar refractivity (Wildman–Crippen MR) is 103 cm³/mol. The van der Waals surface area contributed by atoms with E-state index in [-0.39, 0.29) is 24.5 Å². The van der Waals surface area contributed by atoms with Gasteiger partial charge < -0.3 is 19.8 Å². The van der Waals surface area contributed by atoms with Crippen LogP contribution in [0, 0.1) is 0 Å². The number of aromatic nitrogens is 2. The third-order valence-corrected chi connectivity index (χ3v) is 3.88. The van der Waals surface area contributed by atoms with Gasteiger partial charge in [-0.15, -0.1) is 0 Å². The Morgan fingerprint density at radius 1 is 1.15 bits per heavy atom. The standard InChI is InChI=1S/C20H22N4O3/c1-14(2)27-13-19(25)23-17-6-4-16(5-7-17)20(26)22-11-15-3-8-18-21-9-10-24(18)12-15/h3-10,12,14H,11,13H2,1-2H3,(H,22,26)(H,23,25). The first kappa shape index (κ1) is 18.6. The highest BCUT2D eigenvalue weighted by Gasteiger charge is 2.08. The van der Waals surface area contributed by atoms with Gasteiger partial charge >= 0.3 is 0 Å². The van der Waals surface area contributed by atoms with E-state index in [1.807, 2.05) is 42.8 Å². The van der Waals surface area contributed by atoms with E-state index >= 15 is 0 Å². The lowest BCUT2D eigenvalue weighted by molar-refractivity contribution is -0.121. The van der Waals surface area contributed by atoms with Gasteiger partial charge in [0.1, 0.15) is 12.3 Å². The first-order valence-corrected chi connectivity index (χ1v) is 8.72. The molecular weight excluding hydrogens is 344 g/mol. The lowest BCUT2D eigenvalue weighted by Crippen LogP contribution is -2.23. The highest BCUT2D eigenvalue weighted by molar-refractivity contribution is 5.96. The van der Waals surface area contributed by atoms with Crippen molar-refractivity contribution in [3.05, 3.63) is 66.1 Å². The number of fused-ring (bicyclic) bond motifs is 1. The van der Waals surface area contributed by atoms with Crippen LogP contribution in [0.5, 0.6) is 0 Å². The molecule has 0 saturated carbocycles. The molecule has 7 heteroatoms. The molecule has 2 N–H and O–H groups in total. The van der Waals surface area contributed by atoms with E-state index < -0.39 is 0 Å². The molecule has 3 rings (SSSR count). The zero-order valence-corrected chi connectivity index (χ0v) is 15.3. The summed E-state index contributed by atoms with van der Waals surface area (Å²) in [4.78, 5) is 28.2. The fourth-order valence-electron chi connectivity index (χ4n) is 2.50. The third-order valence-electron chi connectivity index (χ3n) is 3.88. The molecule has 7 nitrogen and oxygen atoms in total. The van der Waals surface area contributed by atoms with Crippen LogP contribution >= 0.6 is 0 Å². The second-order valence-corrected chi connectivity index (χ2v) is 6.40. The number of amides is 2.